The van der Waals surface area contributed by atoms with Crippen LogP contribution < -0.4 is 5.32 Å². The molecule has 1 aromatic rings. The molecule has 0 bridgehead atoms. The summed E-state index contributed by atoms with van der Waals surface area (Å²) in [5, 5.41) is 15.8. The van der Waals surface area contributed by atoms with Crippen LogP contribution in [0.2, 0.25) is 0 Å². The highest BCUT2D eigenvalue weighted by atomic mass is 16.5. The smallest absolute Gasteiger partial charge is 0.354 e. The lowest BCUT2D eigenvalue weighted by Crippen LogP contribution is -2.17. The van der Waals surface area contributed by atoms with Crippen molar-refractivity contribution in [2.24, 2.45) is 0 Å². The zero-order chi connectivity index (χ0) is 7.56. The van der Waals surface area contributed by atoms with E-state index in [0.717, 1.165) is 6.07 Å². The van der Waals surface area contributed by atoms with Gasteiger partial charge in [-0.1, -0.05) is 5.16 Å². The minimum Gasteiger partial charge on any atom is -0.354 e. The second kappa shape index (κ2) is 2.38. The van der Waals surface area contributed by atoms with Gasteiger partial charge in [-0.15, -0.1) is 0 Å². The van der Waals surface area contributed by atoms with E-state index in [9.17, 15) is 9.90 Å². The first-order valence-electron chi connectivity index (χ1n) is 2.60. The molecule has 0 unspecified atom stereocenters. The average molecular weight is 141 g/mol. The molecule has 0 atom stereocenters. The van der Waals surface area contributed by atoms with Gasteiger partial charge in [0.05, 0.1) is 6.07 Å². The molecule has 1 heterocycles. The first kappa shape index (κ1) is 6.60. The maximum atomic E-state index is 10.7. The number of hydrogen-bond acceptors (Lipinski definition) is 3. The van der Waals surface area contributed by atoms with Crippen LogP contribution in [-0.4, -0.2) is 18.1 Å². The van der Waals surface area contributed by atoms with E-state index in [0.29, 0.717) is 0 Å². The first-order chi connectivity index (χ1) is 4.74. The summed E-state index contributed by atoms with van der Waals surface area (Å²) in [7, 11) is 1.45. The maximum absolute atomic E-state index is 10.7. The van der Waals surface area contributed by atoms with Crippen LogP contribution in [0.4, 0.5) is 0 Å². The molecule has 5 heteroatoms. The van der Waals surface area contributed by atoms with Crippen molar-refractivity contribution in [3.63, 3.8) is 0 Å². The van der Waals surface area contributed by atoms with E-state index in [1.54, 1.807) is 0 Å². The molecule has 0 spiro atoms. The SMILES string of the molecule is CNC(=O)c1cc([O])on1. The number of nitrogens with zero attached hydrogens (tertiary/aromatic N) is 1. The Kier molecular flexibility index (Phi) is 1.57. The number of amides is 1. The summed E-state index contributed by atoms with van der Waals surface area (Å²) in [4.78, 5) is 10.7. The average Bonchev–Trinajstić information content (AvgIpc) is 2.34. The van der Waals surface area contributed by atoms with Crippen LogP contribution >= 0.6 is 0 Å². The van der Waals surface area contributed by atoms with Crippen molar-refractivity contribution in [2.75, 3.05) is 7.05 Å². The second-order valence-corrected chi connectivity index (χ2v) is 1.61. The Balaban J connectivity index is 2.85. The molecule has 0 saturated heterocycles. The highest BCUT2D eigenvalue weighted by molar-refractivity contribution is 5.92. The fraction of sp³-hybridized carbons (Fsp3) is 0.200. The molecule has 1 amide bonds. The van der Waals surface area contributed by atoms with E-state index < -0.39 is 11.9 Å². The predicted molar refractivity (Wildman–Crippen MR) is 30.0 cm³/mol. The Morgan fingerprint density at radius 1 is 1.80 bits per heavy atom. The topological polar surface area (TPSA) is 75.0 Å². The summed E-state index contributed by atoms with van der Waals surface area (Å²) in [5.41, 5.74) is 0.00694. The first-order valence-corrected chi connectivity index (χ1v) is 2.60. The third-order valence-electron chi connectivity index (χ3n) is 0.948. The van der Waals surface area contributed by atoms with Crippen LogP contribution in [0, 0.1) is 0 Å². The van der Waals surface area contributed by atoms with Crippen LogP contribution in [0.5, 0.6) is 5.95 Å². The van der Waals surface area contributed by atoms with Gasteiger partial charge >= 0.3 is 5.95 Å². The Hall–Kier alpha value is -1.52. The van der Waals surface area contributed by atoms with Crippen molar-refractivity contribution in [1.29, 1.82) is 0 Å². The summed E-state index contributed by atoms with van der Waals surface area (Å²) < 4.78 is 4.12. The summed E-state index contributed by atoms with van der Waals surface area (Å²) in [6.45, 7) is 0. The molecule has 10 heavy (non-hydrogen) atoms. The fourth-order valence-corrected chi connectivity index (χ4v) is 0.494. The van der Waals surface area contributed by atoms with Crippen LogP contribution in [0.15, 0.2) is 10.6 Å². The van der Waals surface area contributed by atoms with E-state index >= 15 is 0 Å². The lowest BCUT2D eigenvalue weighted by atomic mass is 10.4. The number of nitrogens with one attached hydrogen (secondary N) is 1. The van der Waals surface area contributed by atoms with Crippen LogP contribution in [0.1, 0.15) is 10.5 Å². The molecule has 0 aliphatic rings. The van der Waals surface area contributed by atoms with Crippen LogP contribution in [0.25, 0.3) is 0 Å². The lowest BCUT2D eigenvalue weighted by Gasteiger charge is -1.87. The molecule has 53 valence electrons. The molecule has 1 aromatic heterocycles. The van der Waals surface area contributed by atoms with Gasteiger partial charge in [0.2, 0.25) is 0 Å². The van der Waals surface area contributed by atoms with Crippen molar-refractivity contribution in [1.82, 2.24) is 10.5 Å². The van der Waals surface area contributed by atoms with Gasteiger partial charge in [-0.2, -0.15) is 0 Å². The van der Waals surface area contributed by atoms with Gasteiger partial charge < -0.3 is 9.84 Å². The van der Waals surface area contributed by atoms with Gasteiger partial charge in [0.25, 0.3) is 5.91 Å². The molecule has 1 rings (SSSR count). The normalized spacial score (nSPS) is 9.30. The zero-order valence-corrected chi connectivity index (χ0v) is 5.25. The van der Waals surface area contributed by atoms with E-state index in [1.165, 1.54) is 7.05 Å². The third-order valence-corrected chi connectivity index (χ3v) is 0.948. The number of carbonyl (C=O) groups excluding carboxylic acids is 1. The van der Waals surface area contributed by atoms with Gasteiger partial charge in [-0.05, 0) is 0 Å². The summed E-state index contributed by atoms with van der Waals surface area (Å²) in [5.74, 6) is -1.04. The maximum Gasteiger partial charge on any atom is 0.361 e. The predicted octanol–water partition coefficient (Wildman–Crippen LogP) is 0.178. The monoisotopic (exact) mass is 141 g/mol. The molecular formula is C5H5N2O3. The van der Waals surface area contributed by atoms with E-state index in [-0.39, 0.29) is 5.69 Å². The van der Waals surface area contributed by atoms with Gasteiger partial charge in [-0.3, -0.25) is 4.79 Å². The summed E-state index contributed by atoms with van der Waals surface area (Å²) >= 11 is 0. The van der Waals surface area contributed by atoms with Gasteiger partial charge in [0.15, 0.2) is 5.69 Å². The van der Waals surface area contributed by atoms with E-state index in [1.807, 2.05) is 0 Å². The van der Waals surface area contributed by atoms with Gasteiger partial charge in [0, 0.05) is 7.05 Å². The number of rotatable bonds is 1. The molecule has 1 N–H and O–H groups in total. The van der Waals surface area contributed by atoms with Crippen LogP contribution in [0.3, 0.4) is 0 Å². The molecular weight excluding hydrogens is 136 g/mol. The molecule has 0 saturated carbocycles. The molecule has 1 radical (unpaired) electrons. The third kappa shape index (κ3) is 1.07. The Morgan fingerprint density at radius 3 is 2.90 bits per heavy atom. The van der Waals surface area contributed by atoms with Crippen molar-refractivity contribution in [3.8, 4) is 5.95 Å². The van der Waals surface area contributed by atoms with Crippen molar-refractivity contribution >= 4 is 5.91 Å². The Labute approximate surface area is 56.6 Å². The van der Waals surface area contributed by atoms with Crippen molar-refractivity contribution in [2.45, 2.75) is 0 Å². The van der Waals surface area contributed by atoms with E-state index in [2.05, 4.69) is 15.0 Å². The van der Waals surface area contributed by atoms with Gasteiger partial charge in [0.1, 0.15) is 0 Å². The molecule has 5 nitrogen and oxygen atoms in total. The molecule has 0 aromatic carbocycles. The summed E-state index contributed by atoms with van der Waals surface area (Å²) in [6, 6.07) is 1.03. The molecule has 0 fully saturated rings. The van der Waals surface area contributed by atoms with Crippen molar-refractivity contribution in [3.05, 3.63) is 11.8 Å². The number of aromatic nitrogens is 1. The zero-order valence-electron chi connectivity index (χ0n) is 5.25. The number of hydrogen-bond donors (Lipinski definition) is 1. The quantitative estimate of drug-likeness (QED) is 0.606. The second-order valence-electron chi connectivity index (χ2n) is 1.61. The summed E-state index contributed by atoms with van der Waals surface area (Å²) in [6.07, 6.45) is 0. The highest BCUT2D eigenvalue weighted by Crippen LogP contribution is 2.09. The lowest BCUT2D eigenvalue weighted by molar-refractivity contribution is 0.0953. The number of carbonyl (C=O) groups is 1. The Bertz CT molecular complexity index is 243. The van der Waals surface area contributed by atoms with E-state index in [4.69, 9.17) is 0 Å². The Morgan fingerprint density at radius 2 is 2.50 bits per heavy atom. The van der Waals surface area contributed by atoms with Crippen LogP contribution in [-0.2, 0) is 5.11 Å². The molecule has 0 aliphatic carbocycles. The molecule has 0 aliphatic heterocycles. The van der Waals surface area contributed by atoms with Crippen molar-refractivity contribution < 1.29 is 14.4 Å². The minimum absolute atomic E-state index is 0.00694. The highest BCUT2D eigenvalue weighted by Gasteiger charge is 2.09. The minimum atomic E-state index is -0.612. The fourth-order valence-electron chi connectivity index (χ4n) is 0.494. The van der Waals surface area contributed by atoms with Gasteiger partial charge in [-0.25, -0.2) is 5.11 Å². The largest absolute Gasteiger partial charge is 0.361 e. The standard InChI is InChI=1S/C5H5N2O3/c1-6-5(9)3-2-4(8)10-7-3/h2H,1H3,(H,6,9).